The first-order chi connectivity index (χ1) is 11.5. The first kappa shape index (κ1) is 19.6. The summed E-state index contributed by atoms with van der Waals surface area (Å²) in [5, 5.41) is -0.275. The van der Waals surface area contributed by atoms with E-state index in [2.05, 4.69) is 4.72 Å². The lowest BCUT2D eigenvalue weighted by Crippen LogP contribution is -2.24. The maximum absolute atomic E-state index is 12.8. The van der Waals surface area contributed by atoms with Gasteiger partial charge in [0.1, 0.15) is 4.90 Å². The maximum Gasteiger partial charge on any atom is 0.416 e. The average Bonchev–Trinajstić information content (AvgIpc) is 2.52. The van der Waals surface area contributed by atoms with Crippen LogP contribution in [0.1, 0.15) is 11.1 Å². The third-order valence-electron chi connectivity index (χ3n) is 3.47. The number of hydrogen-bond donors (Lipinski definition) is 1. The van der Waals surface area contributed by atoms with Gasteiger partial charge >= 0.3 is 6.18 Å². The smallest absolute Gasteiger partial charge is 0.378 e. The summed E-state index contributed by atoms with van der Waals surface area (Å²) in [5.41, 5.74) is 0.525. The fourth-order valence-electron chi connectivity index (χ4n) is 2.05. The van der Waals surface area contributed by atoms with Crippen LogP contribution in [0.15, 0.2) is 47.4 Å². The van der Waals surface area contributed by atoms with E-state index in [4.69, 9.17) is 11.6 Å². The molecule has 0 spiro atoms. The molecule has 0 saturated heterocycles. The number of sulfonamides is 1. The Morgan fingerprint density at radius 2 is 1.68 bits per heavy atom. The highest BCUT2D eigenvalue weighted by atomic mass is 35.5. The Kier molecular flexibility index (Phi) is 5.65. The van der Waals surface area contributed by atoms with Crippen molar-refractivity contribution < 1.29 is 21.6 Å². The summed E-state index contributed by atoms with van der Waals surface area (Å²) in [4.78, 5) is 1.28. The molecule has 0 unspecified atom stereocenters. The number of nitrogens with one attached hydrogen (secondary N) is 1. The van der Waals surface area contributed by atoms with Crippen LogP contribution < -0.4 is 9.62 Å². The molecule has 0 aliphatic carbocycles. The third kappa shape index (κ3) is 4.87. The van der Waals surface area contributed by atoms with Crippen LogP contribution >= 0.6 is 11.6 Å². The van der Waals surface area contributed by atoms with E-state index in [0.29, 0.717) is 11.6 Å². The summed E-state index contributed by atoms with van der Waals surface area (Å²) in [6.45, 7) is -0.0668. The molecule has 1 N–H and O–H groups in total. The summed E-state index contributed by atoms with van der Waals surface area (Å²) in [6, 6.07) is 9.25. The van der Waals surface area contributed by atoms with E-state index in [9.17, 15) is 21.6 Å². The van der Waals surface area contributed by atoms with Crippen LogP contribution in [0.25, 0.3) is 0 Å². The van der Waals surface area contributed by atoms with E-state index >= 15 is 0 Å². The van der Waals surface area contributed by atoms with Gasteiger partial charge in [-0.15, -0.1) is 0 Å². The van der Waals surface area contributed by atoms with Gasteiger partial charge in [-0.25, -0.2) is 13.1 Å². The van der Waals surface area contributed by atoms with Crippen molar-refractivity contribution in [1.29, 1.82) is 0 Å². The molecular weight excluding hydrogens is 377 g/mol. The Bertz CT molecular complexity index is 851. The predicted octanol–water partition coefficient (Wildman–Crippen LogP) is 3.90. The van der Waals surface area contributed by atoms with E-state index < -0.39 is 26.7 Å². The van der Waals surface area contributed by atoms with E-state index in [1.54, 1.807) is 24.3 Å². The minimum atomic E-state index is -4.66. The van der Waals surface area contributed by atoms with Gasteiger partial charge < -0.3 is 4.90 Å². The maximum atomic E-state index is 12.8. The van der Waals surface area contributed by atoms with Gasteiger partial charge in [0, 0.05) is 26.3 Å². The molecule has 0 heterocycles. The van der Waals surface area contributed by atoms with Crippen LogP contribution in [-0.4, -0.2) is 22.5 Å². The lowest BCUT2D eigenvalue weighted by molar-refractivity contribution is -0.137. The molecule has 0 saturated carbocycles. The lowest BCUT2D eigenvalue weighted by Gasteiger charge is -2.14. The van der Waals surface area contributed by atoms with E-state index in [0.717, 1.165) is 17.8 Å². The SMILES string of the molecule is CN(C)c1ccc(CNS(=O)(=O)c2cc(C(F)(F)F)ccc2Cl)cc1. The Balaban J connectivity index is 2.22. The second-order valence-corrected chi connectivity index (χ2v) is 7.67. The first-order valence-electron chi connectivity index (χ1n) is 7.13. The Morgan fingerprint density at radius 1 is 1.08 bits per heavy atom. The highest BCUT2D eigenvalue weighted by Crippen LogP contribution is 2.33. The third-order valence-corrected chi connectivity index (χ3v) is 5.35. The fourth-order valence-corrected chi connectivity index (χ4v) is 3.59. The summed E-state index contributed by atoms with van der Waals surface area (Å²) in [7, 11) is -0.454. The van der Waals surface area contributed by atoms with Crippen LogP contribution in [0.3, 0.4) is 0 Å². The van der Waals surface area contributed by atoms with E-state index in [1.807, 2.05) is 19.0 Å². The minimum Gasteiger partial charge on any atom is -0.378 e. The number of nitrogens with zero attached hydrogens (tertiary/aromatic N) is 1. The highest BCUT2D eigenvalue weighted by Gasteiger charge is 2.32. The van der Waals surface area contributed by atoms with Gasteiger partial charge in [0.2, 0.25) is 10.0 Å². The molecule has 2 aromatic rings. The number of anilines is 1. The molecule has 2 rings (SSSR count). The van der Waals surface area contributed by atoms with Crippen LogP contribution in [0, 0.1) is 0 Å². The molecule has 4 nitrogen and oxygen atoms in total. The summed E-state index contributed by atoms with van der Waals surface area (Å²) in [5.74, 6) is 0. The van der Waals surface area contributed by atoms with Crippen molar-refractivity contribution in [1.82, 2.24) is 4.72 Å². The molecule has 25 heavy (non-hydrogen) atoms. The number of hydrogen-bond acceptors (Lipinski definition) is 3. The van der Waals surface area contributed by atoms with Crippen molar-refractivity contribution in [2.24, 2.45) is 0 Å². The average molecular weight is 393 g/mol. The molecule has 0 aliphatic rings. The normalized spacial score (nSPS) is 12.2. The van der Waals surface area contributed by atoms with Gasteiger partial charge in [0.05, 0.1) is 10.6 Å². The van der Waals surface area contributed by atoms with E-state index in [1.165, 1.54) is 0 Å². The zero-order chi connectivity index (χ0) is 18.8. The van der Waals surface area contributed by atoms with Crippen LogP contribution in [0.2, 0.25) is 5.02 Å². The van der Waals surface area contributed by atoms with Crippen molar-refractivity contribution in [3.8, 4) is 0 Å². The molecule has 136 valence electrons. The molecule has 2 aromatic carbocycles. The Labute approximate surface area is 149 Å². The molecule has 0 fully saturated rings. The largest absolute Gasteiger partial charge is 0.416 e. The number of halogens is 4. The molecule has 0 bridgehead atoms. The van der Waals surface area contributed by atoms with Crippen LogP contribution in [-0.2, 0) is 22.7 Å². The zero-order valence-electron chi connectivity index (χ0n) is 13.4. The molecular formula is C16H16ClF3N2O2S. The highest BCUT2D eigenvalue weighted by molar-refractivity contribution is 7.89. The molecule has 0 aliphatic heterocycles. The van der Waals surface area contributed by atoms with Crippen LogP contribution in [0.5, 0.6) is 0 Å². The molecule has 0 atom stereocenters. The van der Waals surface area contributed by atoms with Crippen molar-refractivity contribution in [2.45, 2.75) is 17.6 Å². The van der Waals surface area contributed by atoms with Crippen molar-refractivity contribution in [2.75, 3.05) is 19.0 Å². The Hall–Kier alpha value is -1.77. The van der Waals surface area contributed by atoms with Gasteiger partial charge in [-0.2, -0.15) is 13.2 Å². The summed E-state index contributed by atoms with van der Waals surface area (Å²) >= 11 is 5.78. The van der Waals surface area contributed by atoms with Crippen molar-refractivity contribution >= 4 is 27.3 Å². The molecule has 9 heteroatoms. The number of benzene rings is 2. The zero-order valence-corrected chi connectivity index (χ0v) is 15.0. The fraction of sp³-hybridized carbons (Fsp3) is 0.250. The second kappa shape index (κ2) is 7.23. The van der Waals surface area contributed by atoms with Gasteiger partial charge in [0.25, 0.3) is 0 Å². The van der Waals surface area contributed by atoms with Crippen molar-refractivity contribution in [3.63, 3.8) is 0 Å². The predicted molar refractivity (Wildman–Crippen MR) is 91.2 cm³/mol. The minimum absolute atomic E-state index is 0.0668. The first-order valence-corrected chi connectivity index (χ1v) is 8.99. The second-order valence-electron chi connectivity index (χ2n) is 5.53. The monoisotopic (exact) mass is 392 g/mol. The van der Waals surface area contributed by atoms with Gasteiger partial charge in [-0.05, 0) is 35.9 Å². The summed E-state index contributed by atoms with van der Waals surface area (Å²) < 4.78 is 65.2. The lowest BCUT2D eigenvalue weighted by atomic mass is 10.2. The van der Waals surface area contributed by atoms with Crippen LogP contribution in [0.4, 0.5) is 18.9 Å². The van der Waals surface area contributed by atoms with Crippen molar-refractivity contribution in [3.05, 3.63) is 58.6 Å². The standard InChI is InChI=1S/C16H16ClF3N2O2S/c1-22(2)13-6-3-11(4-7-13)10-21-25(23,24)15-9-12(16(18,19)20)5-8-14(15)17/h3-9,21H,10H2,1-2H3. The van der Waals surface area contributed by atoms with Gasteiger partial charge in [-0.1, -0.05) is 23.7 Å². The summed E-state index contributed by atoms with van der Waals surface area (Å²) in [6.07, 6.45) is -4.66. The number of rotatable bonds is 5. The van der Waals surface area contributed by atoms with E-state index in [-0.39, 0.29) is 11.6 Å². The topological polar surface area (TPSA) is 49.4 Å². The molecule has 0 radical (unpaired) electrons. The quantitative estimate of drug-likeness (QED) is 0.839. The number of alkyl halides is 3. The van der Waals surface area contributed by atoms with Gasteiger partial charge in [0.15, 0.2) is 0 Å². The molecule has 0 amide bonds. The molecule has 0 aromatic heterocycles. The Morgan fingerprint density at radius 3 is 2.20 bits per heavy atom. The van der Waals surface area contributed by atoms with Gasteiger partial charge in [-0.3, -0.25) is 0 Å².